The highest BCUT2D eigenvalue weighted by Crippen LogP contribution is 2.44. The Morgan fingerprint density at radius 2 is 1.68 bits per heavy atom. The van der Waals surface area contributed by atoms with Gasteiger partial charge in [0.05, 0.1) is 12.2 Å². The third-order valence-electron chi connectivity index (χ3n) is 7.58. The van der Waals surface area contributed by atoms with Crippen molar-refractivity contribution in [1.82, 2.24) is 14.7 Å². The summed E-state index contributed by atoms with van der Waals surface area (Å²) < 4.78 is 42.5. The molecule has 0 spiro atoms. The minimum absolute atomic E-state index is 0.120. The fourth-order valence-electron chi connectivity index (χ4n) is 5.70. The number of halogens is 2. The number of carbonyl (C=O) groups is 2. The van der Waals surface area contributed by atoms with Crippen molar-refractivity contribution in [3.8, 4) is 5.75 Å². The maximum Gasteiger partial charge on any atom is 0.328 e. The Morgan fingerprint density at radius 1 is 1.07 bits per heavy atom. The van der Waals surface area contributed by atoms with Gasteiger partial charge in [-0.3, -0.25) is 14.3 Å². The maximum atomic E-state index is 15.2. The van der Waals surface area contributed by atoms with E-state index in [-0.39, 0.29) is 29.6 Å². The predicted octanol–water partition coefficient (Wildman–Crippen LogP) is 3.48. The number of rotatable bonds is 7. The molecule has 1 aliphatic heterocycles. The topological polar surface area (TPSA) is 117 Å². The van der Waals surface area contributed by atoms with E-state index >= 15 is 8.78 Å². The Morgan fingerprint density at radius 3 is 2.24 bits per heavy atom. The molecule has 1 atom stereocenters. The molecule has 3 aromatic rings. The standard InChI is InChI=1S/C30H32F2N4O5/c1-4-13-35-15-23(25-19-7-5-9-21(31)17(19)11-12-18-20(25)8-6-10-22(18)32)36-26(28(35)38)27(24(37)14-34-36)40-16-41-29(39)30(2,3)33/h5-10,14,23,25H,4,11-13,15-16,33H2,1-3H3. The zero-order valence-electron chi connectivity index (χ0n) is 23.2. The van der Waals surface area contributed by atoms with Gasteiger partial charge in [0, 0.05) is 19.0 Å². The van der Waals surface area contributed by atoms with E-state index in [1.165, 1.54) is 30.7 Å². The van der Waals surface area contributed by atoms with E-state index in [9.17, 15) is 14.4 Å². The van der Waals surface area contributed by atoms with Crippen LogP contribution in [0.2, 0.25) is 0 Å². The number of benzene rings is 2. The molecule has 1 unspecified atom stereocenters. The van der Waals surface area contributed by atoms with Crippen LogP contribution in [0.15, 0.2) is 47.4 Å². The average molecular weight is 567 g/mol. The molecule has 11 heteroatoms. The predicted molar refractivity (Wildman–Crippen MR) is 146 cm³/mol. The van der Waals surface area contributed by atoms with Gasteiger partial charge >= 0.3 is 5.97 Å². The van der Waals surface area contributed by atoms with Gasteiger partial charge in [-0.05, 0) is 67.5 Å². The number of nitrogens with zero attached hydrogens (tertiary/aromatic N) is 3. The van der Waals surface area contributed by atoms with Crippen LogP contribution in [0.1, 0.15) is 71.9 Å². The van der Waals surface area contributed by atoms with Gasteiger partial charge in [0.2, 0.25) is 18.0 Å². The molecule has 0 bridgehead atoms. The zero-order chi connectivity index (χ0) is 29.5. The Labute approximate surface area is 235 Å². The van der Waals surface area contributed by atoms with Gasteiger partial charge in [-0.2, -0.15) is 5.10 Å². The number of aromatic nitrogens is 2. The summed E-state index contributed by atoms with van der Waals surface area (Å²) in [4.78, 5) is 40.4. The molecule has 2 N–H and O–H groups in total. The van der Waals surface area contributed by atoms with Crippen molar-refractivity contribution in [2.75, 3.05) is 19.9 Å². The number of fused-ring (bicyclic) bond motifs is 3. The molecule has 2 aliphatic rings. The van der Waals surface area contributed by atoms with Crippen LogP contribution in [0.25, 0.3) is 0 Å². The van der Waals surface area contributed by atoms with Crippen molar-refractivity contribution in [1.29, 1.82) is 0 Å². The number of nitrogens with two attached hydrogens (primary N) is 1. The molecule has 216 valence electrons. The number of hydrogen-bond acceptors (Lipinski definition) is 7. The molecule has 0 saturated heterocycles. The zero-order valence-corrected chi connectivity index (χ0v) is 23.2. The molecule has 0 saturated carbocycles. The van der Waals surface area contributed by atoms with E-state index in [0.717, 1.165) is 6.20 Å². The first-order valence-corrected chi connectivity index (χ1v) is 13.6. The Balaban J connectivity index is 1.68. The summed E-state index contributed by atoms with van der Waals surface area (Å²) in [6, 6.07) is 9.00. The first-order valence-electron chi connectivity index (χ1n) is 13.6. The summed E-state index contributed by atoms with van der Waals surface area (Å²) in [5.74, 6) is -2.95. The normalized spacial score (nSPS) is 16.9. The molecule has 0 fully saturated rings. The Hall–Kier alpha value is -4.12. The lowest BCUT2D eigenvalue weighted by Crippen LogP contribution is -2.48. The van der Waals surface area contributed by atoms with Crippen LogP contribution in [-0.2, 0) is 22.4 Å². The van der Waals surface area contributed by atoms with Gasteiger partial charge < -0.3 is 20.1 Å². The second-order valence-electron chi connectivity index (χ2n) is 11.0. The third kappa shape index (κ3) is 5.21. The quantitative estimate of drug-likeness (QED) is 0.344. The highest BCUT2D eigenvalue weighted by molar-refractivity contribution is 5.96. The molecular formula is C30H32F2N4O5. The lowest BCUT2D eigenvalue weighted by molar-refractivity contribution is -0.155. The van der Waals surface area contributed by atoms with Crippen molar-refractivity contribution < 1.29 is 27.8 Å². The van der Waals surface area contributed by atoms with E-state index in [1.54, 1.807) is 17.0 Å². The van der Waals surface area contributed by atoms with Crippen molar-refractivity contribution in [3.63, 3.8) is 0 Å². The van der Waals surface area contributed by atoms with E-state index in [2.05, 4.69) is 5.10 Å². The van der Waals surface area contributed by atoms with Gasteiger partial charge in [-0.15, -0.1) is 0 Å². The highest BCUT2D eigenvalue weighted by atomic mass is 19.1. The minimum atomic E-state index is -1.29. The number of ether oxygens (including phenoxy) is 2. The number of carbonyl (C=O) groups excluding carboxylic acids is 2. The lowest BCUT2D eigenvalue weighted by Gasteiger charge is -2.40. The number of esters is 1. The maximum absolute atomic E-state index is 15.2. The molecule has 0 radical (unpaired) electrons. The van der Waals surface area contributed by atoms with Crippen LogP contribution in [0.5, 0.6) is 5.75 Å². The first-order chi connectivity index (χ1) is 19.5. The van der Waals surface area contributed by atoms with Crippen molar-refractivity contribution in [2.45, 2.75) is 57.5 Å². The first kappa shape index (κ1) is 28.4. The lowest BCUT2D eigenvalue weighted by atomic mass is 9.81. The number of amides is 1. The van der Waals surface area contributed by atoms with Crippen molar-refractivity contribution >= 4 is 11.9 Å². The highest BCUT2D eigenvalue weighted by Gasteiger charge is 2.42. The monoisotopic (exact) mass is 566 g/mol. The van der Waals surface area contributed by atoms with E-state index in [0.29, 0.717) is 48.1 Å². The SMILES string of the molecule is CCCN1CC(C2c3cccc(F)c3CCc3c(F)cccc32)n2ncc(=O)c(OCOC(=O)C(C)(C)N)c2C1=O. The second-order valence-corrected chi connectivity index (χ2v) is 11.0. The summed E-state index contributed by atoms with van der Waals surface area (Å²) in [5, 5.41) is 4.35. The van der Waals surface area contributed by atoms with Crippen LogP contribution < -0.4 is 15.9 Å². The summed E-state index contributed by atoms with van der Waals surface area (Å²) in [5.41, 5.74) is 5.96. The smallest absolute Gasteiger partial charge is 0.328 e. The fourth-order valence-corrected chi connectivity index (χ4v) is 5.70. The third-order valence-corrected chi connectivity index (χ3v) is 7.58. The van der Waals surface area contributed by atoms with Crippen LogP contribution in [0, 0.1) is 11.6 Å². The van der Waals surface area contributed by atoms with Gasteiger partial charge in [0.1, 0.15) is 17.2 Å². The molecule has 9 nitrogen and oxygen atoms in total. The summed E-state index contributed by atoms with van der Waals surface area (Å²) in [6.07, 6.45) is 2.26. The fraction of sp³-hybridized carbons (Fsp3) is 0.400. The van der Waals surface area contributed by atoms with E-state index in [1.807, 2.05) is 19.1 Å². The van der Waals surface area contributed by atoms with Gasteiger partial charge in [-0.25, -0.2) is 13.6 Å². The van der Waals surface area contributed by atoms with E-state index < -0.39 is 41.6 Å². The largest absolute Gasteiger partial charge is 0.451 e. The van der Waals surface area contributed by atoms with Crippen LogP contribution in [0.4, 0.5) is 8.78 Å². The Bertz CT molecular complexity index is 1510. The molecule has 2 heterocycles. The molecular weight excluding hydrogens is 534 g/mol. The van der Waals surface area contributed by atoms with Crippen molar-refractivity contribution in [3.05, 3.63) is 92.4 Å². The van der Waals surface area contributed by atoms with E-state index in [4.69, 9.17) is 15.2 Å². The molecule has 2 aromatic carbocycles. The van der Waals surface area contributed by atoms with Crippen molar-refractivity contribution in [2.24, 2.45) is 5.73 Å². The second kappa shape index (κ2) is 11.0. The molecule has 5 rings (SSSR count). The van der Waals surface area contributed by atoms with Gasteiger partial charge in [0.25, 0.3) is 5.91 Å². The van der Waals surface area contributed by atoms with Gasteiger partial charge in [0.15, 0.2) is 5.69 Å². The average Bonchev–Trinajstić information content (AvgIpc) is 3.09. The minimum Gasteiger partial charge on any atom is -0.451 e. The van der Waals surface area contributed by atoms with Crippen LogP contribution in [-0.4, -0.2) is 52.0 Å². The Kier molecular flexibility index (Phi) is 7.65. The summed E-state index contributed by atoms with van der Waals surface area (Å²) in [6.45, 7) is 4.74. The molecule has 1 aromatic heterocycles. The molecule has 41 heavy (non-hydrogen) atoms. The summed E-state index contributed by atoms with van der Waals surface area (Å²) >= 11 is 0. The molecule has 1 aliphatic carbocycles. The van der Waals surface area contributed by atoms with Gasteiger partial charge in [-0.1, -0.05) is 31.2 Å². The van der Waals surface area contributed by atoms with Crippen LogP contribution in [0.3, 0.4) is 0 Å². The summed E-state index contributed by atoms with van der Waals surface area (Å²) in [7, 11) is 0. The number of hydrogen-bond donors (Lipinski definition) is 1. The van der Waals surface area contributed by atoms with Crippen LogP contribution >= 0.6 is 0 Å². The molecule has 1 amide bonds.